The second-order valence-corrected chi connectivity index (χ2v) is 3.35. The minimum absolute atomic E-state index is 0.000231. The highest BCUT2D eigenvalue weighted by Gasteiger charge is 2.17. The fourth-order valence-corrected chi connectivity index (χ4v) is 1.51. The van der Waals surface area contributed by atoms with Crippen LogP contribution in [0, 0.1) is 0 Å². The topological polar surface area (TPSA) is 61.5 Å². The molecule has 1 rings (SSSR count). The molecule has 0 atom stereocenters. The summed E-state index contributed by atoms with van der Waals surface area (Å²) < 4.78 is 10.3. The van der Waals surface area contributed by atoms with Crippen molar-refractivity contribution in [3.05, 3.63) is 23.8 Å². The molecule has 0 unspecified atom stereocenters. The molecule has 16 heavy (non-hydrogen) atoms. The van der Waals surface area contributed by atoms with E-state index in [1.54, 1.807) is 18.2 Å². The van der Waals surface area contributed by atoms with Crippen molar-refractivity contribution >= 4 is 5.78 Å². The quantitative estimate of drug-likeness (QED) is 0.744. The number of carbonyl (C=O) groups is 1. The Morgan fingerprint density at radius 1 is 1.25 bits per heavy atom. The van der Waals surface area contributed by atoms with Gasteiger partial charge in [-0.05, 0) is 25.1 Å². The molecule has 0 aromatic heterocycles. The molecule has 0 heterocycles. The van der Waals surface area contributed by atoms with Gasteiger partial charge in [0.1, 0.15) is 17.1 Å². The molecular weight excluding hydrogens is 206 g/mol. The van der Waals surface area contributed by atoms with Gasteiger partial charge in [-0.15, -0.1) is 0 Å². The van der Waals surface area contributed by atoms with Crippen LogP contribution in [0.15, 0.2) is 18.2 Å². The number of rotatable bonds is 6. The van der Waals surface area contributed by atoms with Gasteiger partial charge in [-0.3, -0.25) is 4.79 Å². The zero-order valence-corrected chi connectivity index (χ0v) is 9.66. The average Bonchev–Trinajstić information content (AvgIpc) is 2.34. The Balaban J connectivity index is 3.03. The van der Waals surface area contributed by atoms with E-state index < -0.39 is 0 Å². The number of hydrogen-bond donors (Lipinski definition) is 1. The molecule has 0 fully saturated rings. The highest BCUT2D eigenvalue weighted by Crippen LogP contribution is 2.29. The van der Waals surface area contributed by atoms with E-state index in [-0.39, 0.29) is 5.78 Å². The van der Waals surface area contributed by atoms with Crippen molar-refractivity contribution in [2.45, 2.75) is 12.8 Å². The smallest absolute Gasteiger partial charge is 0.170 e. The first-order valence-electron chi connectivity index (χ1n) is 5.18. The molecule has 4 heteroatoms. The van der Waals surface area contributed by atoms with Gasteiger partial charge in [0, 0.05) is 6.42 Å². The van der Waals surface area contributed by atoms with Crippen LogP contribution in [0.3, 0.4) is 0 Å². The standard InChI is InChI=1S/C12H17NO3/c1-15-10-6-3-7-11(16-2)12(10)9(14)5-4-8-13/h3,6-7H,4-5,8,13H2,1-2H3. The van der Waals surface area contributed by atoms with Gasteiger partial charge in [0.25, 0.3) is 0 Å². The van der Waals surface area contributed by atoms with E-state index in [1.807, 2.05) is 0 Å². The summed E-state index contributed by atoms with van der Waals surface area (Å²) in [4.78, 5) is 11.9. The van der Waals surface area contributed by atoms with Gasteiger partial charge in [-0.2, -0.15) is 0 Å². The summed E-state index contributed by atoms with van der Waals surface area (Å²) in [5.74, 6) is 1.09. The summed E-state index contributed by atoms with van der Waals surface area (Å²) in [7, 11) is 3.07. The van der Waals surface area contributed by atoms with Gasteiger partial charge >= 0.3 is 0 Å². The number of benzene rings is 1. The van der Waals surface area contributed by atoms with E-state index in [0.717, 1.165) is 0 Å². The average molecular weight is 223 g/mol. The van der Waals surface area contributed by atoms with Crippen LogP contribution < -0.4 is 15.2 Å². The van der Waals surface area contributed by atoms with Crippen LogP contribution in [0.5, 0.6) is 11.5 Å². The third-order valence-corrected chi connectivity index (χ3v) is 2.31. The largest absolute Gasteiger partial charge is 0.496 e. The summed E-state index contributed by atoms with van der Waals surface area (Å²) in [5.41, 5.74) is 5.88. The lowest BCUT2D eigenvalue weighted by Crippen LogP contribution is -2.08. The molecule has 0 bridgehead atoms. The maximum atomic E-state index is 11.9. The molecule has 0 radical (unpaired) electrons. The maximum absolute atomic E-state index is 11.9. The molecule has 0 saturated carbocycles. The third-order valence-electron chi connectivity index (χ3n) is 2.31. The Kier molecular flexibility index (Phi) is 4.79. The molecule has 0 amide bonds. The number of hydrogen-bond acceptors (Lipinski definition) is 4. The summed E-state index contributed by atoms with van der Waals surface area (Å²) >= 11 is 0. The molecule has 0 aliphatic carbocycles. The van der Waals surface area contributed by atoms with E-state index in [1.165, 1.54) is 14.2 Å². The molecule has 1 aromatic rings. The van der Waals surface area contributed by atoms with Crippen LogP contribution in [0.25, 0.3) is 0 Å². The number of ketones is 1. The van der Waals surface area contributed by atoms with Crippen LogP contribution in [0.4, 0.5) is 0 Å². The Morgan fingerprint density at radius 2 is 1.81 bits per heavy atom. The van der Waals surface area contributed by atoms with Gasteiger partial charge in [0.15, 0.2) is 5.78 Å². The second-order valence-electron chi connectivity index (χ2n) is 3.35. The number of ether oxygens (including phenoxy) is 2. The monoisotopic (exact) mass is 223 g/mol. The van der Waals surface area contributed by atoms with Gasteiger partial charge < -0.3 is 15.2 Å². The fraction of sp³-hybridized carbons (Fsp3) is 0.417. The minimum Gasteiger partial charge on any atom is -0.496 e. The van der Waals surface area contributed by atoms with Crippen molar-refractivity contribution in [2.24, 2.45) is 5.73 Å². The van der Waals surface area contributed by atoms with Crippen molar-refractivity contribution in [1.29, 1.82) is 0 Å². The molecule has 0 aliphatic rings. The molecule has 2 N–H and O–H groups in total. The lowest BCUT2D eigenvalue weighted by atomic mass is 10.0. The van der Waals surface area contributed by atoms with Gasteiger partial charge in [-0.1, -0.05) is 6.07 Å². The van der Waals surface area contributed by atoms with Crippen LogP contribution in [-0.4, -0.2) is 26.5 Å². The Bertz CT molecular complexity index is 341. The molecule has 88 valence electrons. The van der Waals surface area contributed by atoms with Crippen LogP contribution >= 0.6 is 0 Å². The van der Waals surface area contributed by atoms with Crippen molar-refractivity contribution < 1.29 is 14.3 Å². The minimum atomic E-state index is -0.000231. The highest BCUT2D eigenvalue weighted by molar-refractivity contribution is 6.01. The number of methoxy groups -OCH3 is 2. The van der Waals surface area contributed by atoms with Gasteiger partial charge in [-0.25, -0.2) is 0 Å². The normalized spacial score (nSPS) is 9.94. The second kappa shape index (κ2) is 6.12. The van der Waals surface area contributed by atoms with E-state index >= 15 is 0 Å². The van der Waals surface area contributed by atoms with E-state index in [2.05, 4.69) is 0 Å². The Labute approximate surface area is 95.3 Å². The predicted molar refractivity (Wildman–Crippen MR) is 62.2 cm³/mol. The molecule has 0 aliphatic heterocycles. The SMILES string of the molecule is COc1cccc(OC)c1C(=O)CCCN. The van der Waals surface area contributed by atoms with Crippen molar-refractivity contribution in [3.63, 3.8) is 0 Å². The molecule has 4 nitrogen and oxygen atoms in total. The zero-order chi connectivity index (χ0) is 12.0. The lowest BCUT2D eigenvalue weighted by Gasteiger charge is -2.11. The summed E-state index contributed by atoms with van der Waals surface area (Å²) in [6.07, 6.45) is 1.08. The van der Waals surface area contributed by atoms with Crippen LogP contribution in [-0.2, 0) is 0 Å². The molecule has 1 aromatic carbocycles. The molecular formula is C12H17NO3. The van der Waals surface area contributed by atoms with Crippen LogP contribution in [0.1, 0.15) is 23.2 Å². The Morgan fingerprint density at radius 3 is 2.25 bits per heavy atom. The van der Waals surface area contributed by atoms with Gasteiger partial charge in [0.2, 0.25) is 0 Å². The first kappa shape index (κ1) is 12.5. The number of carbonyl (C=O) groups excluding carboxylic acids is 1. The van der Waals surface area contributed by atoms with Gasteiger partial charge in [0.05, 0.1) is 14.2 Å². The van der Waals surface area contributed by atoms with E-state index in [9.17, 15) is 4.79 Å². The third kappa shape index (κ3) is 2.73. The molecule has 0 spiro atoms. The summed E-state index contributed by atoms with van der Waals surface area (Å²) in [5, 5.41) is 0. The highest BCUT2D eigenvalue weighted by atomic mass is 16.5. The first-order valence-corrected chi connectivity index (χ1v) is 5.18. The fourth-order valence-electron chi connectivity index (χ4n) is 1.51. The molecule has 0 saturated heterocycles. The van der Waals surface area contributed by atoms with E-state index in [0.29, 0.717) is 36.4 Å². The Hall–Kier alpha value is -1.55. The maximum Gasteiger partial charge on any atom is 0.170 e. The van der Waals surface area contributed by atoms with Crippen LogP contribution in [0.2, 0.25) is 0 Å². The number of Topliss-reactive ketones (excluding diaryl/α,β-unsaturated/α-hetero) is 1. The summed E-state index contributed by atoms with van der Waals surface area (Å²) in [6, 6.07) is 5.29. The predicted octanol–water partition coefficient (Wildman–Crippen LogP) is 1.63. The summed E-state index contributed by atoms with van der Waals surface area (Å²) in [6.45, 7) is 0.503. The zero-order valence-electron chi connectivity index (χ0n) is 9.66. The van der Waals surface area contributed by atoms with Crippen molar-refractivity contribution in [3.8, 4) is 11.5 Å². The van der Waals surface area contributed by atoms with E-state index in [4.69, 9.17) is 15.2 Å². The van der Waals surface area contributed by atoms with Crippen molar-refractivity contribution in [1.82, 2.24) is 0 Å². The van der Waals surface area contributed by atoms with Crippen molar-refractivity contribution in [2.75, 3.05) is 20.8 Å². The first-order chi connectivity index (χ1) is 7.74. The number of nitrogens with two attached hydrogens (primary N) is 1. The lowest BCUT2D eigenvalue weighted by molar-refractivity contribution is 0.0974.